The molecule has 0 radical (unpaired) electrons. The Balaban J connectivity index is 1.94. The molecule has 2 rings (SSSR count). The van der Waals surface area contributed by atoms with Crippen molar-refractivity contribution in [2.45, 2.75) is 24.6 Å². The molecule has 1 aliphatic heterocycles. The van der Waals surface area contributed by atoms with Crippen LogP contribution < -0.4 is 4.74 Å². The number of carbonyl (C=O) groups is 1. The Labute approximate surface area is 142 Å². The second-order valence-electron chi connectivity index (χ2n) is 5.76. The summed E-state index contributed by atoms with van der Waals surface area (Å²) in [5.74, 6) is 1.49. The van der Waals surface area contributed by atoms with Crippen LogP contribution in [-0.4, -0.2) is 55.9 Å². The summed E-state index contributed by atoms with van der Waals surface area (Å²) in [5.41, 5.74) is 0.958. The number of thioether (sulfide) groups is 1. The van der Waals surface area contributed by atoms with Crippen molar-refractivity contribution in [1.82, 2.24) is 4.90 Å². The minimum atomic E-state index is -2.89. The number of carbonyl (C=O) groups excluding carboxylic acids is 1. The van der Waals surface area contributed by atoms with Crippen molar-refractivity contribution < 1.29 is 17.9 Å². The summed E-state index contributed by atoms with van der Waals surface area (Å²) in [7, 11) is 0.490. The summed E-state index contributed by atoms with van der Waals surface area (Å²) >= 11 is 1.44. The van der Waals surface area contributed by atoms with Gasteiger partial charge in [0.1, 0.15) is 5.75 Å². The third kappa shape index (κ3) is 4.64. The highest BCUT2D eigenvalue weighted by Gasteiger charge is 2.29. The summed E-state index contributed by atoms with van der Waals surface area (Å²) < 4.78 is 28.3. The zero-order valence-electron chi connectivity index (χ0n) is 13.7. The van der Waals surface area contributed by atoms with Gasteiger partial charge in [0.2, 0.25) is 5.91 Å². The Kier molecular flexibility index (Phi) is 5.97. The second kappa shape index (κ2) is 7.57. The summed E-state index contributed by atoms with van der Waals surface area (Å²) in [4.78, 5) is 14.1. The second-order valence-corrected chi connectivity index (χ2v) is 9.28. The molecule has 1 saturated heterocycles. The van der Waals surface area contributed by atoms with Crippen molar-refractivity contribution in [2.24, 2.45) is 0 Å². The summed E-state index contributed by atoms with van der Waals surface area (Å²) in [6, 6.07) is 7.54. The van der Waals surface area contributed by atoms with Crippen molar-refractivity contribution in [3.63, 3.8) is 0 Å². The van der Waals surface area contributed by atoms with Crippen LogP contribution in [0.4, 0.5) is 0 Å². The fraction of sp³-hybridized carbons (Fsp3) is 0.562. The van der Waals surface area contributed by atoms with Gasteiger partial charge < -0.3 is 9.64 Å². The average Bonchev–Trinajstić information content (AvgIpc) is 2.90. The van der Waals surface area contributed by atoms with Gasteiger partial charge in [0, 0.05) is 17.9 Å². The van der Waals surface area contributed by atoms with E-state index in [1.54, 1.807) is 19.1 Å². The Morgan fingerprint density at radius 1 is 1.43 bits per heavy atom. The molecule has 2 atom stereocenters. The third-order valence-corrected chi connectivity index (χ3v) is 7.46. The van der Waals surface area contributed by atoms with Crippen LogP contribution in [-0.2, 0) is 14.6 Å². The lowest BCUT2D eigenvalue weighted by molar-refractivity contribution is -0.128. The Morgan fingerprint density at radius 2 is 2.13 bits per heavy atom. The molecule has 0 N–H and O–H groups in total. The van der Waals surface area contributed by atoms with Crippen LogP contribution in [0.15, 0.2) is 24.3 Å². The third-order valence-electron chi connectivity index (χ3n) is 4.20. The Hall–Kier alpha value is -1.21. The molecule has 128 valence electrons. The lowest BCUT2D eigenvalue weighted by Gasteiger charge is -2.27. The topological polar surface area (TPSA) is 63.7 Å². The number of benzene rings is 1. The molecule has 7 heteroatoms. The van der Waals surface area contributed by atoms with Gasteiger partial charge in [0.05, 0.1) is 30.4 Å². The van der Waals surface area contributed by atoms with E-state index >= 15 is 0 Å². The van der Waals surface area contributed by atoms with Crippen LogP contribution in [0.5, 0.6) is 5.75 Å². The predicted octanol–water partition coefficient (Wildman–Crippen LogP) is 2.13. The van der Waals surface area contributed by atoms with E-state index in [0.717, 1.165) is 11.3 Å². The largest absolute Gasteiger partial charge is 0.496 e. The number of amides is 1. The maximum atomic E-state index is 12.4. The number of hydrogen-bond donors (Lipinski definition) is 0. The minimum absolute atomic E-state index is 0.00213. The van der Waals surface area contributed by atoms with Crippen LogP contribution in [0.1, 0.15) is 24.9 Å². The number of para-hydroxylation sites is 1. The molecule has 0 aromatic heterocycles. The van der Waals surface area contributed by atoms with Crippen molar-refractivity contribution in [2.75, 3.05) is 31.4 Å². The molecule has 1 heterocycles. The molecule has 0 saturated carbocycles. The molecule has 1 fully saturated rings. The van der Waals surface area contributed by atoms with E-state index in [1.807, 2.05) is 31.2 Å². The standard InChI is InChI=1S/C16H23NO4S2/c1-12(14-6-4-5-7-15(14)21-3)17(2)16(18)10-22-13-8-9-23(19,20)11-13/h4-7,12-13H,8-11H2,1-3H3. The Morgan fingerprint density at radius 3 is 2.74 bits per heavy atom. The number of methoxy groups -OCH3 is 1. The molecule has 1 amide bonds. The quantitative estimate of drug-likeness (QED) is 0.780. The fourth-order valence-corrected chi connectivity index (χ4v) is 6.19. The van der Waals surface area contributed by atoms with E-state index in [9.17, 15) is 13.2 Å². The van der Waals surface area contributed by atoms with E-state index in [0.29, 0.717) is 12.2 Å². The van der Waals surface area contributed by atoms with Crippen LogP contribution in [0.3, 0.4) is 0 Å². The molecule has 23 heavy (non-hydrogen) atoms. The molecule has 0 bridgehead atoms. The van der Waals surface area contributed by atoms with Gasteiger partial charge in [-0.15, -0.1) is 11.8 Å². The van der Waals surface area contributed by atoms with Gasteiger partial charge in [0.25, 0.3) is 0 Å². The van der Waals surface area contributed by atoms with Gasteiger partial charge in [-0.05, 0) is 19.4 Å². The van der Waals surface area contributed by atoms with Gasteiger partial charge in [-0.1, -0.05) is 18.2 Å². The average molecular weight is 357 g/mol. The highest BCUT2D eigenvalue weighted by atomic mass is 32.2. The highest BCUT2D eigenvalue weighted by molar-refractivity contribution is 8.02. The molecule has 0 aliphatic carbocycles. The number of ether oxygens (including phenoxy) is 1. The van der Waals surface area contributed by atoms with Gasteiger partial charge in [-0.2, -0.15) is 0 Å². The molecule has 1 aromatic rings. The molecular weight excluding hydrogens is 334 g/mol. The van der Waals surface area contributed by atoms with Crippen molar-refractivity contribution in [3.8, 4) is 5.75 Å². The van der Waals surface area contributed by atoms with E-state index in [-0.39, 0.29) is 28.7 Å². The van der Waals surface area contributed by atoms with E-state index in [4.69, 9.17) is 4.74 Å². The zero-order valence-corrected chi connectivity index (χ0v) is 15.3. The first-order chi connectivity index (χ1) is 10.8. The number of nitrogens with zero attached hydrogens (tertiary/aromatic N) is 1. The number of hydrogen-bond acceptors (Lipinski definition) is 5. The minimum Gasteiger partial charge on any atom is -0.496 e. The van der Waals surface area contributed by atoms with E-state index in [2.05, 4.69) is 0 Å². The van der Waals surface area contributed by atoms with Crippen LogP contribution >= 0.6 is 11.8 Å². The zero-order chi connectivity index (χ0) is 17.0. The van der Waals surface area contributed by atoms with Gasteiger partial charge >= 0.3 is 0 Å². The Bertz CT molecular complexity index is 660. The van der Waals surface area contributed by atoms with Crippen LogP contribution in [0, 0.1) is 0 Å². The normalized spacial score (nSPS) is 20.9. The van der Waals surface area contributed by atoms with Crippen LogP contribution in [0.2, 0.25) is 0 Å². The van der Waals surface area contributed by atoms with E-state index < -0.39 is 9.84 Å². The molecule has 5 nitrogen and oxygen atoms in total. The van der Waals surface area contributed by atoms with Gasteiger partial charge in [0.15, 0.2) is 9.84 Å². The lowest BCUT2D eigenvalue weighted by Crippen LogP contribution is -2.31. The molecule has 2 unspecified atom stereocenters. The monoisotopic (exact) mass is 357 g/mol. The van der Waals surface area contributed by atoms with Gasteiger partial charge in [-0.25, -0.2) is 8.42 Å². The number of sulfone groups is 1. The first-order valence-corrected chi connectivity index (χ1v) is 10.4. The first-order valence-electron chi connectivity index (χ1n) is 7.54. The molecular formula is C16H23NO4S2. The number of rotatable bonds is 6. The fourth-order valence-electron chi connectivity index (χ4n) is 2.62. The SMILES string of the molecule is COc1ccccc1C(C)N(C)C(=O)CSC1CCS(=O)(=O)C1. The van der Waals surface area contributed by atoms with Gasteiger partial charge in [-0.3, -0.25) is 4.79 Å². The predicted molar refractivity (Wildman–Crippen MR) is 93.7 cm³/mol. The maximum absolute atomic E-state index is 12.4. The summed E-state index contributed by atoms with van der Waals surface area (Å²) in [5, 5.41) is 0.0407. The summed E-state index contributed by atoms with van der Waals surface area (Å²) in [6.07, 6.45) is 0.645. The molecule has 0 spiro atoms. The van der Waals surface area contributed by atoms with Crippen molar-refractivity contribution in [3.05, 3.63) is 29.8 Å². The van der Waals surface area contributed by atoms with Crippen molar-refractivity contribution >= 4 is 27.5 Å². The molecule has 1 aromatic carbocycles. The first kappa shape index (κ1) is 18.1. The summed E-state index contributed by atoms with van der Waals surface area (Å²) in [6.45, 7) is 1.96. The smallest absolute Gasteiger partial charge is 0.232 e. The highest BCUT2D eigenvalue weighted by Crippen LogP contribution is 2.29. The van der Waals surface area contributed by atoms with E-state index in [1.165, 1.54) is 11.8 Å². The van der Waals surface area contributed by atoms with Crippen molar-refractivity contribution in [1.29, 1.82) is 0 Å². The molecule has 1 aliphatic rings. The lowest BCUT2D eigenvalue weighted by atomic mass is 10.1. The van der Waals surface area contributed by atoms with Crippen LogP contribution in [0.25, 0.3) is 0 Å². The maximum Gasteiger partial charge on any atom is 0.232 e.